The van der Waals surface area contributed by atoms with E-state index in [1.54, 1.807) is 24.3 Å². The Hall–Kier alpha value is -2.89. The third-order valence-corrected chi connectivity index (χ3v) is 3.35. The Kier molecular flexibility index (Phi) is 6.31. The number of nitrogens with one attached hydrogen (secondary N) is 1. The summed E-state index contributed by atoms with van der Waals surface area (Å²) in [6, 6.07) is 10.9. The molecular weight excluding hydrogens is 313 g/mol. The highest BCUT2D eigenvalue weighted by molar-refractivity contribution is 5.81. The number of amides is 1. The fourth-order valence-corrected chi connectivity index (χ4v) is 2.07. The van der Waals surface area contributed by atoms with Crippen LogP contribution in [0.1, 0.15) is 15.9 Å². The highest BCUT2D eigenvalue weighted by atomic mass is 19.1. The third kappa shape index (κ3) is 5.08. The molecule has 0 heterocycles. The van der Waals surface area contributed by atoms with Crippen molar-refractivity contribution in [2.24, 2.45) is 0 Å². The SMILES string of the molecule is COc1ccc(OCC(=O)NCCc2ccc(F)cc2)c(C=O)c1. The maximum atomic E-state index is 12.8. The van der Waals surface area contributed by atoms with E-state index in [2.05, 4.69) is 5.32 Å². The number of carbonyl (C=O) groups excluding carboxylic acids is 2. The molecular formula is C18H18FNO4. The third-order valence-electron chi connectivity index (χ3n) is 3.35. The molecule has 2 rings (SSSR count). The number of rotatable bonds is 8. The van der Waals surface area contributed by atoms with Crippen LogP contribution in [0.4, 0.5) is 4.39 Å². The van der Waals surface area contributed by atoms with Crippen molar-refractivity contribution in [3.05, 3.63) is 59.4 Å². The van der Waals surface area contributed by atoms with Gasteiger partial charge in [-0.1, -0.05) is 12.1 Å². The standard InChI is InChI=1S/C18H18FNO4/c1-23-16-6-7-17(14(10-16)11-21)24-12-18(22)20-9-8-13-2-4-15(19)5-3-13/h2-7,10-11H,8-9,12H2,1H3,(H,20,22). The van der Waals surface area contributed by atoms with Gasteiger partial charge in [0.2, 0.25) is 0 Å². The highest BCUT2D eigenvalue weighted by Gasteiger charge is 2.08. The molecule has 0 unspecified atom stereocenters. The van der Waals surface area contributed by atoms with Crippen LogP contribution in [-0.4, -0.2) is 32.5 Å². The predicted octanol–water partition coefficient (Wildman–Crippen LogP) is 2.38. The van der Waals surface area contributed by atoms with E-state index in [-0.39, 0.29) is 18.3 Å². The molecule has 0 aliphatic rings. The molecule has 1 amide bonds. The van der Waals surface area contributed by atoms with Crippen LogP contribution in [0.25, 0.3) is 0 Å². The van der Waals surface area contributed by atoms with Crippen LogP contribution < -0.4 is 14.8 Å². The molecule has 2 aromatic carbocycles. The molecule has 1 N–H and O–H groups in total. The molecule has 0 radical (unpaired) electrons. The van der Waals surface area contributed by atoms with Gasteiger partial charge in [-0.15, -0.1) is 0 Å². The molecule has 2 aromatic rings. The van der Waals surface area contributed by atoms with Crippen LogP contribution in [-0.2, 0) is 11.2 Å². The summed E-state index contributed by atoms with van der Waals surface area (Å²) >= 11 is 0. The number of benzene rings is 2. The minimum absolute atomic E-state index is 0.198. The Morgan fingerprint density at radius 2 is 1.96 bits per heavy atom. The van der Waals surface area contributed by atoms with Crippen molar-refractivity contribution in [2.75, 3.05) is 20.3 Å². The van der Waals surface area contributed by atoms with Gasteiger partial charge in [-0.25, -0.2) is 4.39 Å². The summed E-state index contributed by atoms with van der Waals surface area (Å²) in [4.78, 5) is 22.8. The van der Waals surface area contributed by atoms with Crippen molar-refractivity contribution < 1.29 is 23.5 Å². The molecule has 24 heavy (non-hydrogen) atoms. The fraction of sp³-hybridized carbons (Fsp3) is 0.222. The van der Waals surface area contributed by atoms with Crippen molar-refractivity contribution in [1.82, 2.24) is 5.32 Å². The van der Waals surface area contributed by atoms with E-state index < -0.39 is 0 Å². The second-order valence-corrected chi connectivity index (χ2v) is 5.04. The van der Waals surface area contributed by atoms with Gasteiger partial charge < -0.3 is 14.8 Å². The molecule has 0 aromatic heterocycles. The van der Waals surface area contributed by atoms with E-state index in [9.17, 15) is 14.0 Å². The van der Waals surface area contributed by atoms with Crippen LogP contribution in [0.3, 0.4) is 0 Å². The summed E-state index contributed by atoms with van der Waals surface area (Å²) in [5.41, 5.74) is 1.24. The van der Waals surface area contributed by atoms with Gasteiger partial charge in [-0.2, -0.15) is 0 Å². The van der Waals surface area contributed by atoms with Gasteiger partial charge in [-0.3, -0.25) is 9.59 Å². The highest BCUT2D eigenvalue weighted by Crippen LogP contribution is 2.22. The lowest BCUT2D eigenvalue weighted by molar-refractivity contribution is -0.123. The summed E-state index contributed by atoms with van der Waals surface area (Å²) in [5.74, 6) is 0.263. The number of ether oxygens (including phenoxy) is 2. The van der Waals surface area contributed by atoms with Gasteiger partial charge in [0.1, 0.15) is 17.3 Å². The molecule has 0 fully saturated rings. The van der Waals surface area contributed by atoms with Crippen LogP contribution in [0.2, 0.25) is 0 Å². The first-order valence-corrected chi connectivity index (χ1v) is 7.39. The summed E-state index contributed by atoms with van der Waals surface area (Å²) in [5, 5.41) is 2.71. The lowest BCUT2D eigenvalue weighted by atomic mass is 10.1. The Bertz CT molecular complexity index is 701. The van der Waals surface area contributed by atoms with Crippen LogP contribution >= 0.6 is 0 Å². The number of methoxy groups -OCH3 is 1. The first-order valence-electron chi connectivity index (χ1n) is 7.39. The van der Waals surface area contributed by atoms with E-state index in [0.29, 0.717) is 36.3 Å². The lowest BCUT2D eigenvalue weighted by Gasteiger charge is -2.10. The van der Waals surface area contributed by atoms with Gasteiger partial charge in [-0.05, 0) is 42.3 Å². The fourth-order valence-electron chi connectivity index (χ4n) is 2.07. The number of hydrogen-bond donors (Lipinski definition) is 1. The van der Waals surface area contributed by atoms with Gasteiger partial charge in [0, 0.05) is 6.54 Å². The molecule has 0 aliphatic carbocycles. The Balaban J connectivity index is 1.78. The molecule has 0 saturated carbocycles. The molecule has 0 spiro atoms. The Morgan fingerprint density at radius 3 is 2.62 bits per heavy atom. The zero-order chi connectivity index (χ0) is 17.4. The minimum atomic E-state index is -0.301. The minimum Gasteiger partial charge on any atom is -0.497 e. The molecule has 0 atom stereocenters. The average Bonchev–Trinajstić information content (AvgIpc) is 2.61. The first kappa shape index (κ1) is 17.5. The van der Waals surface area contributed by atoms with E-state index in [1.165, 1.54) is 25.3 Å². The van der Waals surface area contributed by atoms with Crippen molar-refractivity contribution in [1.29, 1.82) is 0 Å². The smallest absolute Gasteiger partial charge is 0.257 e. The maximum absolute atomic E-state index is 12.8. The van der Waals surface area contributed by atoms with Crippen molar-refractivity contribution in [3.8, 4) is 11.5 Å². The van der Waals surface area contributed by atoms with Crippen LogP contribution in [0, 0.1) is 5.82 Å². The number of halogens is 1. The molecule has 0 bridgehead atoms. The van der Waals surface area contributed by atoms with Gasteiger partial charge in [0.25, 0.3) is 5.91 Å². The van der Waals surface area contributed by atoms with E-state index in [4.69, 9.17) is 9.47 Å². The quantitative estimate of drug-likeness (QED) is 0.754. The van der Waals surface area contributed by atoms with Crippen molar-refractivity contribution >= 4 is 12.2 Å². The van der Waals surface area contributed by atoms with Crippen molar-refractivity contribution in [3.63, 3.8) is 0 Å². The largest absolute Gasteiger partial charge is 0.497 e. The lowest BCUT2D eigenvalue weighted by Crippen LogP contribution is -2.30. The monoisotopic (exact) mass is 331 g/mol. The van der Waals surface area contributed by atoms with Gasteiger partial charge in [0.15, 0.2) is 12.9 Å². The zero-order valence-corrected chi connectivity index (χ0v) is 13.3. The van der Waals surface area contributed by atoms with Gasteiger partial charge >= 0.3 is 0 Å². The number of aldehydes is 1. The average molecular weight is 331 g/mol. The molecule has 6 heteroatoms. The van der Waals surface area contributed by atoms with E-state index >= 15 is 0 Å². The number of carbonyl (C=O) groups is 2. The normalized spacial score (nSPS) is 10.1. The zero-order valence-electron chi connectivity index (χ0n) is 13.3. The molecule has 126 valence electrons. The summed E-state index contributed by atoms with van der Waals surface area (Å²) < 4.78 is 23.2. The summed E-state index contributed by atoms with van der Waals surface area (Å²) in [7, 11) is 1.50. The van der Waals surface area contributed by atoms with E-state index in [0.717, 1.165) is 5.56 Å². The Labute approximate surface area is 139 Å². The predicted molar refractivity (Wildman–Crippen MR) is 87.0 cm³/mol. The second-order valence-electron chi connectivity index (χ2n) is 5.04. The molecule has 0 aliphatic heterocycles. The second kappa shape index (κ2) is 8.67. The first-order chi connectivity index (χ1) is 11.6. The maximum Gasteiger partial charge on any atom is 0.257 e. The topological polar surface area (TPSA) is 64.6 Å². The summed E-state index contributed by atoms with van der Waals surface area (Å²) in [6.45, 7) is 0.216. The summed E-state index contributed by atoms with van der Waals surface area (Å²) in [6.07, 6.45) is 1.23. The van der Waals surface area contributed by atoms with Crippen LogP contribution in [0.5, 0.6) is 11.5 Å². The molecule has 5 nitrogen and oxygen atoms in total. The van der Waals surface area contributed by atoms with Crippen molar-refractivity contribution in [2.45, 2.75) is 6.42 Å². The van der Waals surface area contributed by atoms with Crippen LogP contribution in [0.15, 0.2) is 42.5 Å². The number of hydrogen-bond acceptors (Lipinski definition) is 4. The van der Waals surface area contributed by atoms with E-state index in [1.807, 2.05) is 0 Å². The Morgan fingerprint density at radius 1 is 1.21 bits per heavy atom. The molecule has 0 saturated heterocycles. The van der Waals surface area contributed by atoms with Gasteiger partial charge in [0.05, 0.1) is 12.7 Å².